The molecule has 8 nitrogen and oxygen atoms in total. The zero-order valence-corrected chi connectivity index (χ0v) is 15.4. The van der Waals surface area contributed by atoms with Gasteiger partial charge in [0.05, 0.1) is 18.2 Å². The van der Waals surface area contributed by atoms with Crippen LogP contribution in [0.5, 0.6) is 0 Å². The van der Waals surface area contributed by atoms with E-state index in [0.29, 0.717) is 5.56 Å². The molecule has 1 aliphatic rings. The van der Waals surface area contributed by atoms with Gasteiger partial charge in [-0.1, -0.05) is 19.3 Å². The van der Waals surface area contributed by atoms with E-state index in [4.69, 9.17) is 4.74 Å². The van der Waals surface area contributed by atoms with Crippen LogP contribution in [-0.2, 0) is 14.3 Å². The van der Waals surface area contributed by atoms with Crippen molar-refractivity contribution in [2.75, 3.05) is 7.11 Å². The van der Waals surface area contributed by atoms with Crippen LogP contribution in [0, 0.1) is 0 Å². The van der Waals surface area contributed by atoms with Crippen LogP contribution in [0.4, 0.5) is 4.79 Å². The number of imide groups is 1. The predicted molar refractivity (Wildman–Crippen MR) is 96.2 cm³/mol. The molecule has 1 atom stereocenters. The van der Waals surface area contributed by atoms with E-state index in [1.165, 1.54) is 38.3 Å². The number of amides is 3. The number of methoxy groups -OCH3 is 1. The minimum Gasteiger partial charge on any atom is -0.465 e. The van der Waals surface area contributed by atoms with E-state index < -0.39 is 30.0 Å². The monoisotopic (exact) mass is 376 g/mol. The molecule has 2 rings (SSSR count). The molecule has 8 heteroatoms. The Hall–Kier alpha value is -2.90. The topological polar surface area (TPSA) is 111 Å². The predicted octanol–water partition coefficient (Wildman–Crippen LogP) is 2.18. The van der Waals surface area contributed by atoms with Gasteiger partial charge in [-0.25, -0.2) is 14.4 Å². The first-order valence-electron chi connectivity index (χ1n) is 8.91. The normalized spacial score (nSPS) is 15.3. The van der Waals surface area contributed by atoms with Crippen molar-refractivity contribution in [2.24, 2.45) is 0 Å². The second-order valence-corrected chi connectivity index (χ2v) is 6.41. The second kappa shape index (κ2) is 9.70. The number of nitrogens with one attached hydrogen (secondary N) is 2. The summed E-state index contributed by atoms with van der Waals surface area (Å²) in [5, 5.41) is 4.94. The third-order valence-electron chi connectivity index (χ3n) is 4.37. The molecule has 0 saturated heterocycles. The van der Waals surface area contributed by atoms with Crippen LogP contribution < -0.4 is 10.6 Å². The summed E-state index contributed by atoms with van der Waals surface area (Å²) in [4.78, 5) is 47.4. The Morgan fingerprint density at radius 2 is 1.52 bits per heavy atom. The van der Waals surface area contributed by atoms with Crippen molar-refractivity contribution < 1.29 is 28.7 Å². The molecule has 1 saturated carbocycles. The molecule has 146 valence electrons. The number of hydrogen-bond donors (Lipinski definition) is 2. The summed E-state index contributed by atoms with van der Waals surface area (Å²) in [6.07, 6.45) is 3.92. The van der Waals surface area contributed by atoms with Gasteiger partial charge >= 0.3 is 18.0 Å². The summed E-state index contributed by atoms with van der Waals surface area (Å²) in [7, 11) is 1.26. The van der Waals surface area contributed by atoms with E-state index in [9.17, 15) is 19.2 Å². The van der Waals surface area contributed by atoms with Gasteiger partial charge in [0.2, 0.25) is 0 Å². The van der Waals surface area contributed by atoms with Crippen molar-refractivity contribution in [3.63, 3.8) is 0 Å². The van der Waals surface area contributed by atoms with Crippen molar-refractivity contribution in [1.82, 2.24) is 10.6 Å². The first-order chi connectivity index (χ1) is 12.9. The first-order valence-corrected chi connectivity index (χ1v) is 8.91. The molecule has 1 aliphatic carbocycles. The number of urea groups is 1. The van der Waals surface area contributed by atoms with Crippen LogP contribution in [0.2, 0.25) is 0 Å². The fraction of sp³-hybridized carbons (Fsp3) is 0.474. The number of ether oxygens (including phenoxy) is 2. The lowest BCUT2D eigenvalue weighted by molar-refractivity contribution is -0.127. The summed E-state index contributed by atoms with van der Waals surface area (Å²) < 4.78 is 9.65. The van der Waals surface area contributed by atoms with Crippen LogP contribution in [-0.4, -0.2) is 43.1 Å². The van der Waals surface area contributed by atoms with Crippen molar-refractivity contribution in [3.05, 3.63) is 35.4 Å². The van der Waals surface area contributed by atoms with Crippen LogP contribution in [0.15, 0.2) is 24.3 Å². The maximum absolute atomic E-state index is 12.1. The van der Waals surface area contributed by atoms with Crippen molar-refractivity contribution >= 4 is 23.9 Å². The minimum absolute atomic E-state index is 0.0673. The molecular formula is C19H24N2O6. The summed E-state index contributed by atoms with van der Waals surface area (Å²) in [5.74, 6) is -1.96. The standard InChI is InChI=1S/C19H24N2O6/c1-12(16(22)21-19(25)20-15-6-4-3-5-7-15)27-18(24)14-10-8-13(9-11-14)17(23)26-2/h8-12,15H,3-7H2,1-2H3,(H2,20,21,22,25)/t12-/m1/s1. The Labute approximate surface area is 157 Å². The van der Waals surface area contributed by atoms with Gasteiger partial charge in [-0.05, 0) is 44.0 Å². The molecule has 1 aromatic rings. The lowest BCUT2D eigenvalue weighted by Crippen LogP contribution is -2.48. The smallest absolute Gasteiger partial charge is 0.338 e. The molecule has 0 aliphatic heterocycles. The van der Waals surface area contributed by atoms with Crippen LogP contribution in [0.3, 0.4) is 0 Å². The molecule has 3 amide bonds. The molecule has 0 heterocycles. The van der Waals surface area contributed by atoms with Crippen LogP contribution >= 0.6 is 0 Å². The largest absolute Gasteiger partial charge is 0.465 e. The van der Waals surface area contributed by atoms with Crippen LogP contribution in [0.25, 0.3) is 0 Å². The van der Waals surface area contributed by atoms with Gasteiger partial charge in [-0.15, -0.1) is 0 Å². The molecule has 1 aromatic carbocycles. The summed E-state index contributed by atoms with van der Waals surface area (Å²) >= 11 is 0. The SMILES string of the molecule is COC(=O)c1ccc(C(=O)O[C@H](C)C(=O)NC(=O)NC2CCCCC2)cc1. The van der Waals surface area contributed by atoms with Crippen LogP contribution in [0.1, 0.15) is 59.7 Å². The zero-order valence-electron chi connectivity index (χ0n) is 15.4. The Morgan fingerprint density at radius 1 is 0.963 bits per heavy atom. The molecule has 0 bridgehead atoms. The summed E-state index contributed by atoms with van der Waals surface area (Å²) in [6.45, 7) is 1.38. The van der Waals surface area contributed by atoms with Crippen molar-refractivity contribution in [1.29, 1.82) is 0 Å². The van der Waals surface area contributed by atoms with Gasteiger partial charge < -0.3 is 14.8 Å². The first kappa shape index (κ1) is 20.4. The van der Waals surface area contributed by atoms with E-state index in [1.807, 2.05) is 0 Å². The fourth-order valence-electron chi connectivity index (χ4n) is 2.82. The maximum atomic E-state index is 12.1. The highest BCUT2D eigenvalue weighted by Gasteiger charge is 2.22. The highest BCUT2D eigenvalue weighted by Crippen LogP contribution is 2.17. The van der Waals surface area contributed by atoms with E-state index in [0.717, 1.165) is 32.1 Å². The van der Waals surface area contributed by atoms with Gasteiger partial charge in [0.1, 0.15) is 0 Å². The van der Waals surface area contributed by atoms with Gasteiger partial charge in [0.15, 0.2) is 6.10 Å². The molecule has 0 spiro atoms. The average Bonchev–Trinajstić information content (AvgIpc) is 2.68. The average molecular weight is 376 g/mol. The Balaban J connectivity index is 1.82. The third-order valence-corrected chi connectivity index (χ3v) is 4.37. The molecule has 0 radical (unpaired) electrons. The highest BCUT2D eigenvalue weighted by atomic mass is 16.5. The third kappa shape index (κ3) is 6.09. The van der Waals surface area contributed by atoms with Gasteiger partial charge in [-0.2, -0.15) is 0 Å². The second-order valence-electron chi connectivity index (χ2n) is 6.41. The quantitative estimate of drug-likeness (QED) is 0.762. The molecule has 27 heavy (non-hydrogen) atoms. The summed E-state index contributed by atoms with van der Waals surface area (Å²) in [6, 6.07) is 5.12. The summed E-state index contributed by atoms with van der Waals surface area (Å²) in [5.41, 5.74) is 0.466. The molecular weight excluding hydrogens is 352 g/mol. The van der Waals surface area contributed by atoms with Crippen molar-refractivity contribution in [2.45, 2.75) is 51.2 Å². The number of benzene rings is 1. The van der Waals surface area contributed by atoms with Crippen molar-refractivity contribution in [3.8, 4) is 0 Å². The number of carbonyl (C=O) groups is 4. The van der Waals surface area contributed by atoms with E-state index >= 15 is 0 Å². The maximum Gasteiger partial charge on any atom is 0.338 e. The molecule has 0 aromatic heterocycles. The Morgan fingerprint density at radius 3 is 2.07 bits per heavy atom. The van der Waals surface area contributed by atoms with E-state index in [2.05, 4.69) is 15.4 Å². The molecule has 2 N–H and O–H groups in total. The van der Waals surface area contributed by atoms with Gasteiger partial charge in [0.25, 0.3) is 5.91 Å². The van der Waals surface area contributed by atoms with E-state index in [-0.39, 0.29) is 11.6 Å². The van der Waals surface area contributed by atoms with Gasteiger partial charge in [0, 0.05) is 6.04 Å². The Kier molecular flexibility index (Phi) is 7.34. The lowest BCUT2D eigenvalue weighted by Gasteiger charge is -2.23. The number of carbonyl (C=O) groups excluding carboxylic acids is 4. The molecule has 0 unspecified atom stereocenters. The number of hydrogen-bond acceptors (Lipinski definition) is 6. The zero-order chi connectivity index (χ0) is 19.8. The Bertz CT molecular complexity index is 695. The number of rotatable bonds is 5. The van der Waals surface area contributed by atoms with Gasteiger partial charge in [-0.3, -0.25) is 10.1 Å². The highest BCUT2D eigenvalue weighted by molar-refractivity contribution is 5.99. The fourth-order valence-corrected chi connectivity index (χ4v) is 2.82. The molecule has 1 fully saturated rings. The lowest BCUT2D eigenvalue weighted by atomic mass is 9.96. The number of esters is 2. The minimum atomic E-state index is -1.14. The van der Waals surface area contributed by atoms with E-state index in [1.54, 1.807) is 0 Å².